The Morgan fingerprint density at radius 2 is 1.03 bits per heavy atom. The van der Waals surface area contributed by atoms with Crippen molar-refractivity contribution in [2.24, 2.45) is 5.73 Å². The van der Waals surface area contributed by atoms with Crippen LogP contribution in [0.4, 0.5) is 4.79 Å². The summed E-state index contributed by atoms with van der Waals surface area (Å²) in [6.45, 7) is 24.6. The van der Waals surface area contributed by atoms with Crippen LogP contribution in [0.1, 0.15) is 71.1 Å². The molecule has 0 aromatic carbocycles. The van der Waals surface area contributed by atoms with Gasteiger partial charge < -0.3 is 27.5 Å². The summed E-state index contributed by atoms with van der Waals surface area (Å²) >= 11 is 0. The number of carbonyl (C=O) groups is 1. The normalized spacial score (nSPS) is 16.3. The molecule has 2 unspecified atom stereocenters. The summed E-state index contributed by atoms with van der Waals surface area (Å²) in [5, 5.41) is 2.73. The number of hydrogen-bond donors (Lipinski definition) is 2. The van der Waals surface area contributed by atoms with Gasteiger partial charge in [0.15, 0.2) is 16.6 Å². The van der Waals surface area contributed by atoms with E-state index in [1.54, 1.807) is 0 Å². The van der Waals surface area contributed by atoms with Crippen LogP contribution in [-0.4, -0.2) is 54.9 Å². The highest BCUT2D eigenvalue weighted by Gasteiger charge is 2.48. The zero-order valence-electron chi connectivity index (χ0n) is 26.3. The van der Waals surface area contributed by atoms with E-state index in [0.717, 1.165) is 12.5 Å². The van der Waals surface area contributed by atoms with E-state index in [-0.39, 0.29) is 0 Å². The number of carbonyl (C=O) groups excluding carboxylic acids is 1. The molecule has 0 aromatic rings. The molecule has 0 rings (SSSR count). The van der Waals surface area contributed by atoms with Gasteiger partial charge in [-0.1, -0.05) is 71.1 Å². The number of urea groups is 1. The summed E-state index contributed by atoms with van der Waals surface area (Å²) in [5.41, 5.74) is 5.33. The first-order valence-corrected chi connectivity index (χ1v) is 29.3. The van der Waals surface area contributed by atoms with E-state index in [4.69, 9.17) is 22.2 Å². The molecule has 0 bridgehead atoms. The van der Waals surface area contributed by atoms with Crippen molar-refractivity contribution in [3.8, 4) is 0 Å². The number of nitrogens with one attached hydrogen (secondary N) is 1. The van der Waals surface area contributed by atoms with Crippen molar-refractivity contribution in [3.63, 3.8) is 0 Å². The molecule has 3 N–H and O–H groups in total. The van der Waals surface area contributed by atoms with E-state index >= 15 is 0 Å². The van der Waals surface area contributed by atoms with Crippen molar-refractivity contribution < 1.29 is 21.3 Å². The maximum atomic E-state index is 11.3. The van der Waals surface area contributed by atoms with Gasteiger partial charge in [-0.05, 0) is 71.5 Å². The van der Waals surface area contributed by atoms with E-state index in [0.29, 0.717) is 12.6 Å². The fourth-order valence-corrected chi connectivity index (χ4v) is 28.6. The molecular formula is C25H62N2O5Si5. The van der Waals surface area contributed by atoms with Gasteiger partial charge in [0, 0.05) is 12.6 Å². The molecule has 0 saturated heterocycles. The minimum absolute atomic E-state index is 0.456. The van der Waals surface area contributed by atoms with Crippen LogP contribution in [0.5, 0.6) is 0 Å². The fraction of sp³-hybridized carbons (Fsp3) is 0.960. The lowest BCUT2D eigenvalue weighted by molar-refractivity contribution is 0.249. The van der Waals surface area contributed by atoms with Crippen molar-refractivity contribution in [1.82, 2.24) is 5.32 Å². The van der Waals surface area contributed by atoms with Gasteiger partial charge in [-0.2, -0.15) is 0 Å². The lowest BCUT2D eigenvalue weighted by Gasteiger charge is -2.44. The number of nitrogens with two attached hydrogens (primary N) is 1. The molecule has 222 valence electrons. The molecule has 0 aromatic heterocycles. The van der Waals surface area contributed by atoms with E-state index in [1.807, 2.05) is 0 Å². The molecule has 37 heavy (non-hydrogen) atoms. The highest BCUT2D eigenvalue weighted by Crippen LogP contribution is 2.31. The zero-order valence-corrected chi connectivity index (χ0v) is 31.3. The van der Waals surface area contributed by atoms with Crippen LogP contribution in [0, 0.1) is 0 Å². The van der Waals surface area contributed by atoms with Crippen molar-refractivity contribution in [1.29, 1.82) is 0 Å². The first-order chi connectivity index (χ1) is 16.8. The topological polar surface area (TPSA) is 92.0 Å². The van der Waals surface area contributed by atoms with E-state index < -0.39 is 48.3 Å². The lowest BCUT2D eigenvalue weighted by Crippen LogP contribution is -2.60. The van der Waals surface area contributed by atoms with Crippen LogP contribution in [-0.2, 0) is 16.5 Å². The third kappa shape index (κ3) is 21.7. The molecule has 0 heterocycles. The van der Waals surface area contributed by atoms with Crippen LogP contribution >= 0.6 is 0 Å². The Morgan fingerprint density at radius 1 is 0.595 bits per heavy atom. The van der Waals surface area contributed by atoms with Crippen LogP contribution in [0.15, 0.2) is 0 Å². The highest BCUT2D eigenvalue weighted by atomic mass is 28.5. The maximum absolute atomic E-state index is 11.3. The smallest absolute Gasteiger partial charge is 0.317 e. The highest BCUT2D eigenvalue weighted by molar-refractivity contribution is 6.90. The monoisotopic (exact) mass is 610 g/mol. The van der Waals surface area contributed by atoms with Crippen molar-refractivity contribution in [3.05, 3.63) is 0 Å². The zero-order chi connectivity index (χ0) is 28.8. The van der Waals surface area contributed by atoms with Crippen LogP contribution in [0.3, 0.4) is 0 Å². The Balaban J connectivity index is 5.36. The predicted octanol–water partition coefficient (Wildman–Crippen LogP) is 8.16. The molecule has 0 fully saturated rings. The number of amides is 2. The Labute approximate surface area is 235 Å². The number of hydrogen-bond acceptors (Lipinski definition) is 5. The Hall–Kier alpha value is 0.194. The lowest BCUT2D eigenvalue weighted by atomic mass is 10.1. The Kier molecular flexibility index (Phi) is 17.2. The minimum atomic E-state index is -2.64. The molecule has 0 aliphatic rings. The van der Waals surface area contributed by atoms with Gasteiger partial charge in [0.25, 0.3) is 0 Å². The van der Waals surface area contributed by atoms with Gasteiger partial charge in [0.1, 0.15) is 0 Å². The molecule has 0 radical (unpaired) electrons. The summed E-state index contributed by atoms with van der Waals surface area (Å²) < 4.78 is 27.3. The summed E-state index contributed by atoms with van der Waals surface area (Å²) in [6, 6.07) is 1.08. The van der Waals surface area contributed by atoms with E-state index in [2.05, 4.69) is 77.7 Å². The second-order valence-corrected chi connectivity index (χ2v) is 33.3. The first-order valence-electron chi connectivity index (χ1n) is 14.6. The molecule has 0 spiro atoms. The van der Waals surface area contributed by atoms with Gasteiger partial charge in [-0.15, -0.1) is 0 Å². The van der Waals surface area contributed by atoms with Gasteiger partial charge in [0.2, 0.25) is 0 Å². The SMILES string of the molecule is CCCCCCCCCCCC[Si](C)(O[Si](C)(C)O[Si](C)(C)C)O[Si](C)(CCNC(N)=O)O[Si](C)(C)C. The maximum Gasteiger partial charge on any atom is 0.317 e. The van der Waals surface area contributed by atoms with E-state index in [1.165, 1.54) is 57.8 Å². The largest absolute Gasteiger partial charge is 0.437 e. The summed E-state index contributed by atoms with van der Waals surface area (Å²) in [6.07, 6.45) is 13.0. The summed E-state index contributed by atoms with van der Waals surface area (Å²) in [7, 11) is -11.3. The second-order valence-electron chi connectivity index (χ2n) is 13.3. The average Bonchev–Trinajstić information content (AvgIpc) is 2.64. The molecular weight excluding hydrogens is 549 g/mol. The Morgan fingerprint density at radius 3 is 1.46 bits per heavy atom. The summed E-state index contributed by atoms with van der Waals surface area (Å²) in [5.74, 6) is 0. The van der Waals surface area contributed by atoms with Gasteiger partial charge in [-0.25, -0.2) is 4.79 Å². The van der Waals surface area contributed by atoms with Crippen LogP contribution in [0.2, 0.25) is 77.6 Å². The fourth-order valence-electron chi connectivity index (χ4n) is 4.97. The number of primary amides is 1. The first kappa shape index (κ1) is 37.2. The molecule has 2 atom stereocenters. The van der Waals surface area contributed by atoms with Gasteiger partial charge in [0.05, 0.1) is 0 Å². The van der Waals surface area contributed by atoms with Crippen molar-refractivity contribution in [2.75, 3.05) is 6.54 Å². The average molecular weight is 611 g/mol. The minimum Gasteiger partial charge on any atom is -0.437 e. The van der Waals surface area contributed by atoms with Crippen LogP contribution < -0.4 is 11.1 Å². The molecule has 12 heteroatoms. The third-order valence-electron chi connectivity index (χ3n) is 5.83. The Bertz CT molecular complexity index is 646. The van der Waals surface area contributed by atoms with Crippen molar-refractivity contribution in [2.45, 2.75) is 149 Å². The standard InChI is InChI=1S/C25H62N2O5Si5/c1-12-13-14-15-16-17-18-19-20-21-23-36(10,31-35(8,9)29-33(2,3)4)32-37(11,30-34(5,6)7)24-22-27-25(26)28/h12-24H2,1-11H3,(H3,26,27,28). The second kappa shape index (κ2) is 17.1. The van der Waals surface area contributed by atoms with E-state index in [9.17, 15) is 4.79 Å². The third-order valence-corrected chi connectivity index (χ3v) is 24.0. The van der Waals surface area contributed by atoms with Gasteiger partial charge in [-0.3, -0.25) is 0 Å². The summed E-state index contributed by atoms with van der Waals surface area (Å²) in [4.78, 5) is 11.3. The van der Waals surface area contributed by atoms with Crippen molar-refractivity contribution >= 4 is 48.3 Å². The molecule has 7 nitrogen and oxygen atoms in total. The van der Waals surface area contributed by atoms with Crippen LogP contribution in [0.25, 0.3) is 0 Å². The van der Waals surface area contributed by atoms with Gasteiger partial charge >= 0.3 is 31.7 Å². The molecule has 2 amide bonds. The molecule has 0 aliphatic carbocycles. The number of unbranched alkanes of at least 4 members (excludes halogenated alkanes) is 9. The number of rotatable bonds is 22. The molecule has 0 saturated carbocycles. The molecule has 0 aliphatic heterocycles. The predicted molar refractivity (Wildman–Crippen MR) is 171 cm³/mol. The quantitative estimate of drug-likeness (QED) is 0.0953.